The Morgan fingerprint density at radius 3 is 0.917 bits per heavy atom. The van der Waals surface area contributed by atoms with Crippen LogP contribution >= 0.6 is 0 Å². The Morgan fingerprint density at radius 1 is 0.274 bits per heavy atom. The number of alkyl halides is 24. The fraction of sp³-hybridized carbons (Fsp3) is 0.155. The number of halogens is 24. The Bertz CT molecular complexity index is 3440. The van der Waals surface area contributed by atoms with Crippen molar-refractivity contribution in [3.63, 3.8) is 0 Å². The van der Waals surface area contributed by atoms with Crippen molar-refractivity contribution in [2.45, 2.75) is 56.0 Å². The zero-order chi connectivity index (χ0) is 62.0. The number of rotatable bonds is 7. The predicted octanol–water partition coefficient (Wildman–Crippen LogP) is 17.2. The smallest absolute Gasteiger partial charge is 0.194 e. The van der Waals surface area contributed by atoms with E-state index in [1.165, 1.54) is 38.5 Å². The molecule has 0 amide bonds. The maximum atomic E-state index is 14.2. The lowest BCUT2D eigenvalue weighted by Crippen LogP contribution is -2.75. The highest BCUT2D eigenvalue weighted by Gasteiger charge is 2.47. The molecule has 0 N–H and O–H groups in total. The molecule has 8 aromatic carbocycles. The molecule has 84 heavy (non-hydrogen) atoms. The van der Waals surface area contributed by atoms with E-state index in [-0.39, 0.29) is 0 Å². The standard InChI is InChI=1S/C32H12BF24.C26H20N/c34-25(35,36)13-1-14(26(37,38)39)6-21(5-13)33(22-7-15(27(40,41)42)2-16(8-22)28(43,44)45,23-9-17(29(46,47)48)3-18(10-23)30(49,50)51)24-11-19(31(52,53)54)4-20(12-24)32(55,56)57;1-2-9-20(10-3-1)19-27-25-16-7-5-12-22(25)17-18-26(27)24-15-8-13-21-11-4-6-14-23(21)24/h1-12H;1-18H,19H2/q-1;+1. The van der Waals surface area contributed by atoms with Gasteiger partial charge in [0.1, 0.15) is 6.15 Å². The number of hydrogen-bond acceptors (Lipinski definition) is 0. The molecule has 0 aliphatic carbocycles. The molecule has 0 saturated heterocycles. The highest BCUT2D eigenvalue weighted by molar-refractivity contribution is 7.20. The second-order valence-corrected chi connectivity index (χ2v) is 19.1. The van der Waals surface area contributed by atoms with Gasteiger partial charge in [0.05, 0.1) is 50.1 Å². The van der Waals surface area contributed by atoms with Crippen LogP contribution in [-0.4, -0.2) is 6.15 Å². The molecule has 0 spiro atoms. The zero-order valence-corrected chi connectivity index (χ0v) is 41.6. The first-order valence-corrected chi connectivity index (χ1v) is 24.0. The van der Waals surface area contributed by atoms with Crippen molar-refractivity contribution in [2.24, 2.45) is 0 Å². The number of para-hydroxylation sites is 1. The normalized spacial score (nSPS) is 13.3. The molecule has 0 aliphatic rings. The molecule has 1 aromatic heterocycles. The minimum absolute atomic E-state index is 0.691. The van der Waals surface area contributed by atoms with Crippen LogP contribution < -0.4 is 26.4 Å². The van der Waals surface area contributed by atoms with E-state index in [4.69, 9.17) is 0 Å². The van der Waals surface area contributed by atoms with Gasteiger partial charge in [0.25, 0.3) is 0 Å². The van der Waals surface area contributed by atoms with Crippen molar-refractivity contribution in [3.05, 3.63) is 232 Å². The van der Waals surface area contributed by atoms with Gasteiger partial charge >= 0.3 is 49.4 Å². The first kappa shape index (κ1) is 61.9. The van der Waals surface area contributed by atoms with Crippen LogP contribution in [-0.2, 0) is 56.0 Å². The maximum absolute atomic E-state index is 14.2. The molecular formula is C58H32BF24N. The van der Waals surface area contributed by atoms with E-state index in [1.54, 1.807) is 0 Å². The molecule has 0 bridgehead atoms. The summed E-state index contributed by atoms with van der Waals surface area (Å²) in [5.74, 6) is 0. The van der Waals surface area contributed by atoms with E-state index in [1.807, 2.05) is 0 Å². The quantitative estimate of drug-likeness (QED) is 0.0851. The summed E-state index contributed by atoms with van der Waals surface area (Å²) in [6.45, 7) is 0.848. The fourth-order valence-electron chi connectivity index (χ4n) is 9.95. The van der Waals surface area contributed by atoms with E-state index in [2.05, 4.69) is 114 Å². The van der Waals surface area contributed by atoms with Gasteiger partial charge in [-0.15, -0.1) is 0 Å². The zero-order valence-electron chi connectivity index (χ0n) is 41.6. The fourth-order valence-corrected chi connectivity index (χ4v) is 9.95. The van der Waals surface area contributed by atoms with E-state index >= 15 is 0 Å². The Hall–Kier alpha value is -8.19. The third-order valence-electron chi connectivity index (χ3n) is 13.6. The lowest BCUT2D eigenvalue weighted by atomic mass is 9.12. The Morgan fingerprint density at radius 2 is 0.571 bits per heavy atom. The van der Waals surface area contributed by atoms with Crippen molar-refractivity contribution in [3.8, 4) is 11.3 Å². The highest BCUT2D eigenvalue weighted by Crippen LogP contribution is 2.42. The largest absolute Gasteiger partial charge is 0.416 e. The molecule has 0 unspecified atom stereocenters. The molecule has 9 aromatic rings. The topological polar surface area (TPSA) is 3.88 Å². The monoisotopic (exact) mass is 1210 g/mol. The van der Waals surface area contributed by atoms with E-state index in [0.717, 1.165) is 6.54 Å². The van der Waals surface area contributed by atoms with Crippen molar-refractivity contribution in [1.29, 1.82) is 0 Å². The minimum atomic E-state index is -6.13. The van der Waals surface area contributed by atoms with Gasteiger partial charge in [0.15, 0.2) is 6.54 Å². The van der Waals surface area contributed by atoms with Gasteiger partial charge in [-0.05, 0) is 53.2 Å². The summed E-state index contributed by atoms with van der Waals surface area (Å²) in [5.41, 5.74) is -25.1. The van der Waals surface area contributed by atoms with E-state index < -0.39 is 195 Å². The van der Waals surface area contributed by atoms with Crippen LogP contribution in [0.2, 0.25) is 0 Å². The summed E-state index contributed by atoms with van der Waals surface area (Å²) < 4.78 is 343. The van der Waals surface area contributed by atoms with E-state index in [0.29, 0.717) is 0 Å². The summed E-state index contributed by atoms with van der Waals surface area (Å²) >= 11 is 0. The average molecular weight is 1210 g/mol. The summed E-state index contributed by atoms with van der Waals surface area (Å²) in [5, 5.41) is 3.82. The Balaban J connectivity index is 0.000000280. The third kappa shape index (κ3) is 13.1. The van der Waals surface area contributed by atoms with Gasteiger partial charge in [-0.2, -0.15) is 132 Å². The average Bonchev–Trinajstić information content (AvgIpc) is 0.934. The van der Waals surface area contributed by atoms with Gasteiger partial charge in [-0.25, -0.2) is 0 Å². The summed E-state index contributed by atoms with van der Waals surface area (Å²) in [7, 11) is 0. The second kappa shape index (κ2) is 21.8. The van der Waals surface area contributed by atoms with Crippen LogP contribution in [0.1, 0.15) is 50.1 Å². The molecule has 440 valence electrons. The first-order chi connectivity index (χ1) is 38.7. The molecule has 0 saturated carbocycles. The van der Waals surface area contributed by atoms with Crippen molar-refractivity contribution in [1.82, 2.24) is 0 Å². The predicted molar refractivity (Wildman–Crippen MR) is 263 cm³/mol. The number of hydrogen-bond donors (Lipinski definition) is 0. The molecule has 1 nitrogen and oxygen atoms in total. The van der Waals surface area contributed by atoms with Gasteiger partial charge in [-0.3, -0.25) is 0 Å². The van der Waals surface area contributed by atoms with Crippen LogP contribution in [0.15, 0.2) is 182 Å². The molecule has 0 radical (unpaired) electrons. The molecule has 26 heteroatoms. The van der Waals surface area contributed by atoms with E-state index in [9.17, 15) is 105 Å². The summed E-state index contributed by atoms with van der Waals surface area (Å²) in [6, 6.07) is 30.2. The molecule has 0 atom stereocenters. The summed E-state index contributed by atoms with van der Waals surface area (Å²) in [6.07, 6.45) is -54.8. The lowest BCUT2D eigenvalue weighted by Gasteiger charge is -2.46. The van der Waals surface area contributed by atoms with Crippen molar-refractivity contribution in [2.75, 3.05) is 0 Å². The van der Waals surface area contributed by atoms with Crippen molar-refractivity contribution >= 4 is 49.7 Å². The van der Waals surface area contributed by atoms with Crippen LogP contribution in [0, 0.1) is 0 Å². The summed E-state index contributed by atoms with van der Waals surface area (Å²) in [4.78, 5) is 0. The highest BCUT2D eigenvalue weighted by atomic mass is 19.4. The van der Waals surface area contributed by atoms with Gasteiger partial charge in [-0.1, -0.05) is 127 Å². The molecule has 1 heterocycles. The number of fused-ring (bicyclic) bond motifs is 2. The van der Waals surface area contributed by atoms with Gasteiger partial charge in [0, 0.05) is 23.1 Å². The minimum Gasteiger partial charge on any atom is -0.194 e. The molecular weight excluding hydrogens is 1180 g/mol. The maximum Gasteiger partial charge on any atom is 0.416 e. The van der Waals surface area contributed by atoms with Gasteiger partial charge < -0.3 is 0 Å². The van der Waals surface area contributed by atoms with Crippen molar-refractivity contribution < 1.29 is 110 Å². The molecule has 9 rings (SSSR count). The number of aromatic nitrogens is 1. The van der Waals surface area contributed by atoms with Crippen LogP contribution in [0.5, 0.6) is 0 Å². The first-order valence-electron chi connectivity index (χ1n) is 24.0. The van der Waals surface area contributed by atoms with Crippen LogP contribution in [0.4, 0.5) is 105 Å². The molecule has 0 aliphatic heterocycles. The Kier molecular flexibility index (Phi) is 16.0. The van der Waals surface area contributed by atoms with Gasteiger partial charge in [0.2, 0.25) is 11.2 Å². The number of pyridine rings is 1. The Labute approximate surface area is 457 Å². The number of benzene rings is 8. The number of nitrogens with zero attached hydrogens (tertiary/aromatic N) is 1. The van der Waals surface area contributed by atoms with Crippen LogP contribution in [0.3, 0.4) is 0 Å². The molecule has 0 fully saturated rings. The van der Waals surface area contributed by atoms with Crippen LogP contribution in [0.25, 0.3) is 32.9 Å². The lowest BCUT2D eigenvalue weighted by molar-refractivity contribution is -0.651. The third-order valence-corrected chi connectivity index (χ3v) is 13.6. The SMILES string of the molecule is FC(F)(F)c1cc([B-](c2cc(C(F)(F)F)cc(C(F)(F)F)c2)(c2cc(C(F)(F)F)cc(C(F)(F)F)c2)c2cc(C(F)(F)F)cc(C(F)(F)F)c2)cc(C(F)(F)F)c1.c1ccc(C[n+]2c(-c3cccc4ccccc34)ccc3ccccc32)cc1. The second-order valence-electron chi connectivity index (χ2n) is 19.1.